The quantitative estimate of drug-likeness (QED) is 0.406. The summed E-state index contributed by atoms with van der Waals surface area (Å²) in [5, 5.41) is 8.50. The molecule has 0 fully saturated rings. The van der Waals surface area contributed by atoms with Gasteiger partial charge in [0.05, 0.1) is 5.69 Å². The van der Waals surface area contributed by atoms with E-state index in [1.54, 1.807) is 18.3 Å². The SMILES string of the molecule is S=C(NN=C(c1ccccc1)c1ccccn1)Nc1cccc(Cl)c1. The molecule has 0 atom stereocenters. The van der Waals surface area contributed by atoms with Gasteiger partial charge in [-0.2, -0.15) is 5.10 Å². The van der Waals surface area contributed by atoms with Crippen molar-refractivity contribution in [1.29, 1.82) is 0 Å². The Morgan fingerprint density at radius 2 is 1.76 bits per heavy atom. The van der Waals surface area contributed by atoms with Gasteiger partial charge in [0.2, 0.25) is 0 Å². The number of halogens is 1. The van der Waals surface area contributed by atoms with Crippen LogP contribution in [0.5, 0.6) is 0 Å². The molecule has 0 aliphatic rings. The van der Waals surface area contributed by atoms with Crippen molar-refractivity contribution in [3.63, 3.8) is 0 Å². The summed E-state index contributed by atoms with van der Waals surface area (Å²) in [4.78, 5) is 4.38. The lowest BCUT2D eigenvalue weighted by Gasteiger charge is -2.10. The van der Waals surface area contributed by atoms with Crippen molar-refractivity contribution in [2.45, 2.75) is 0 Å². The third-order valence-corrected chi connectivity index (χ3v) is 3.73. The predicted molar refractivity (Wildman–Crippen MR) is 107 cm³/mol. The van der Waals surface area contributed by atoms with Gasteiger partial charge in [0, 0.05) is 22.5 Å². The summed E-state index contributed by atoms with van der Waals surface area (Å²) in [6.45, 7) is 0. The Labute approximate surface area is 156 Å². The van der Waals surface area contributed by atoms with Gasteiger partial charge in [-0.1, -0.05) is 54.1 Å². The number of hydrogen-bond donors (Lipinski definition) is 2. The zero-order chi connectivity index (χ0) is 17.5. The highest BCUT2D eigenvalue weighted by Crippen LogP contribution is 2.14. The number of aromatic nitrogens is 1. The van der Waals surface area contributed by atoms with Gasteiger partial charge in [-0.3, -0.25) is 10.4 Å². The third kappa shape index (κ3) is 4.86. The molecule has 1 aromatic heterocycles. The molecule has 0 bridgehead atoms. The number of benzene rings is 2. The smallest absolute Gasteiger partial charge is 0.191 e. The summed E-state index contributed by atoms with van der Waals surface area (Å²) in [5.74, 6) is 0. The molecule has 3 aromatic rings. The second kappa shape index (κ2) is 8.37. The monoisotopic (exact) mass is 366 g/mol. The average Bonchev–Trinajstić information content (AvgIpc) is 2.64. The van der Waals surface area contributed by atoms with Gasteiger partial charge >= 0.3 is 0 Å². The zero-order valence-electron chi connectivity index (χ0n) is 13.2. The van der Waals surface area contributed by atoms with E-state index in [0.717, 1.165) is 16.9 Å². The fraction of sp³-hybridized carbons (Fsp3) is 0. The summed E-state index contributed by atoms with van der Waals surface area (Å²) in [6.07, 6.45) is 1.73. The lowest BCUT2D eigenvalue weighted by molar-refractivity contribution is 1.04. The van der Waals surface area contributed by atoms with Gasteiger partial charge < -0.3 is 5.32 Å². The fourth-order valence-corrected chi connectivity index (χ4v) is 2.55. The van der Waals surface area contributed by atoms with Crippen LogP contribution < -0.4 is 10.7 Å². The lowest BCUT2D eigenvalue weighted by atomic mass is 10.1. The number of pyridine rings is 1. The van der Waals surface area contributed by atoms with Crippen LogP contribution in [0.1, 0.15) is 11.3 Å². The van der Waals surface area contributed by atoms with Crippen LogP contribution in [0.3, 0.4) is 0 Å². The fourth-order valence-electron chi connectivity index (χ4n) is 2.20. The van der Waals surface area contributed by atoms with Gasteiger partial charge in [0.15, 0.2) is 5.11 Å². The van der Waals surface area contributed by atoms with Crippen LogP contribution in [0.2, 0.25) is 5.02 Å². The zero-order valence-corrected chi connectivity index (χ0v) is 14.8. The normalized spacial score (nSPS) is 11.0. The first-order chi connectivity index (χ1) is 12.2. The Balaban J connectivity index is 1.80. The topological polar surface area (TPSA) is 49.3 Å². The largest absolute Gasteiger partial charge is 0.331 e. The van der Waals surface area contributed by atoms with Crippen molar-refractivity contribution < 1.29 is 0 Å². The summed E-state index contributed by atoms with van der Waals surface area (Å²) >= 11 is 11.3. The number of thiocarbonyl (C=S) groups is 1. The summed E-state index contributed by atoms with van der Waals surface area (Å²) < 4.78 is 0. The van der Waals surface area contributed by atoms with Crippen molar-refractivity contribution in [2.75, 3.05) is 5.32 Å². The molecule has 0 aliphatic carbocycles. The number of nitrogens with zero attached hydrogens (tertiary/aromatic N) is 2. The number of hydrazone groups is 1. The van der Waals surface area contributed by atoms with E-state index in [1.165, 1.54) is 0 Å². The van der Waals surface area contributed by atoms with Gasteiger partial charge in [0.1, 0.15) is 5.71 Å². The summed E-state index contributed by atoms with van der Waals surface area (Å²) in [5.41, 5.74) is 6.07. The van der Waals surface area contributed by atoms with E-state index in [2.05, 4.69) is 20.8 Å². The van der Waals surface area contributed by atoms with E-state index in [-0.39, 0.29) is 0 Å². The van der Waals surface area contributed by atoms with Crippen molar-refractivity contribution >= 4 is 40.3 Å². The van der Waals surface area contributed by atoms with Crippen LogP contribution in [0.4, 0.5) is 5.69 Å². The van der Waals surface area contributed by atoms with Crippen LogP contribution in [0.25, 0.3) is 0 Å². The molecule has 0 spiro atoms. The van der Waals surface area contributed by atoms with Crippen molar-refractivity contribution in [3.8, 4) is 0 Å². The molecule has 0 unspecified atom stereocenters. The predicted octanol–water partition coefficient (Wildman–Crippen LogP) is 4.47. The third-order valence-electron chi connectivity index (χ3n) is 3.31. The molecule has 4 nitrogen and oxygen atoms in total. The van der Waals surface area contributed by atoms with Crippen LogP contribution in [-0.4, -0.2) is 15.8 Å². The molecule has 2 N–H and O–H groups in total. The molecule has 6 heteroatoms. The number of rotatable bonds is 4. The lowest BCUT2D eigenvalue weighted by Crippen LogP contribution is -2.25. The highest BCUT2D eigenvalue weighted by Gasteiger charge is 2.08. The molecule has 25 heavy (non-hydrogen) atoms. The van der Waals surface area contributed by atoms with E-state index < -0.39 is 0 Å². The number of hydrogen-bond acceptors (Lipinski definition) is 3. The first-order valence-electron chi connectivity index (χ1n) is 7.59. The second-order valence-corrected chi connectivity index (χ2v) is 5.96. The Morgan fingerprint density at radius 3 is 2.48 bits per heavy atom. The molecule has 0 aliphatic heterocycles. The van der Waals surface area contributed by atoms with Crippen molar-refractivity contribution in [3.05, 3.63) is 95.3 Å². The maximum Gasteiger partial charge on any atom is 0.191 e. The minimum absolute atomic E-state index is 0.367. The van der Waals surface area contributed by atoms with E-state index in [9.17, 15) is 0 Å². The van der Waals surface area contributed by atoms with Crippen LogP contribution in [0.15, 0.2) is 84.1 Å². The highest BCUT2D eigenvalue weighted by atomic mass is 35.5. The first kappa shape index (κ1) is 17.1. The van der Waals surface area contributed by atoms with Crippen LogP contribution in [-0.2, 0) is 0 Å². The maximum atomic E-state index is 5.98. The van der Waals surface area contributed by atoms with Crippen LogP contribution >= 0.6 is 23.8 Å². The Hall–Kier alpha value is -2.76. The van der Waals surface area contributed by atoms with E-state index in [1.807, 2.05) is 60.7 Å². The summed E-state index contributed by atoms with van der Waals surface area (Å²) in [7, 11) is 0. The van der Waals surface area contributed by atoms with Crippen LogP contribution in [0, 0.1) is 0 Å². The average molecular weight is 367 g/mol. The van der Waals surface area contributed by atoms with Gasteiger partial charge in [-0.15, -0.1) is 0 Å². The molecular formula is C19H15ClN4S. The number of nitrogens with one attached hydrogen (secondary N) is 2. The Morgan fingerprint density at radius 1 is 0.960 bits per heavy atom. The van der Waals surface area contributed by atoms with Crippen molar-refractivity contribution in [2.24, 2.45) is 5.10 Å². The first-order valence-corrected chi connectivity index (χ1v) is 8.38. The van der Waals surface area contributed by atoms with Gasteiger partial charge in [-0.05, 0) is 42.5 Å². The molecule has 124 valence electrons. The van der Waals surface area contributed by atoms with Gasteiger partial charge in [-0.25, -0.2) is 0 Å². The number of anilines is 1. The van der Waals surface area contributed by atoms with Crippen molar-refractivity contribution in [1.82, 2.24) is 10.4 Å². The maximum absolute atomic E-state index is 5.98. The van der Waals surface area contributed by atoms with E-state index in [4.69, 9.17) is 23.8 Å². The minimum Gasteiger partial charge on any atom is -0.331 e. The molecule has 0 saturated heterocycles. The molecule has 1 heterocycles. The second-order valence-electron chi connectivity index (χ2n) is 5.12. The minimum atomic E-state index is 0.367. The molecular weight excluding hydrogens is 352 g/mol. The molecule has 0 radical (unpaired) electrons. The molecule has 2 aromatic carbocycles. The van der Waals surface area contributed by atoms with E-state index in [0.29, 0.717) is 15.8 Å². The molecule has 0 amide bonds. The Kier molecular flexibility index (Phi) is 5.72. The highest BCUT2D eigenvalue weighted by molar-refractivity contribution is 7.80. The van der Waals surface area contributed by atoms with E-state index >= 15 is 0 Å². The molecule has 3 rings (SSSR count). The summed E-state index contributed by atoms with van der Waals surface area (Å²) in [6, 6.07) is 22.8. The standard InChI is InChI=1S/C19H15ClN4S/c20-15-9-6-10-16(13-15)22-19(25)24-23-18(14-7-2-1-3-8-14)17-11-4-5-12-21-17/h1-13H,(H2,22,24,25). The molecule has 0 saturated carbocycles. The Bertz CT molecular complexity index is 841. The van der Waals surface area contributed by atoms with Gasteiger partial charge in [0.25, 0.3) is 0 Å².